The Morgan fingerprint density at radius 3 is 2.93 bits per heavy atom. The van der Waals surface area contributed by atoms with Gasteiger partial charge in [-0.05, 0) is 30.7 Å². The number of hydrogen-bond donors (Lipinski definition) is 1. The van der Waals surface area contributed by atoms with Crippen molar-refractivity contribution in [3.8, 4) is 0 Å². The van der Waals surface area contributed by atoms with Gasteiger partial charge in [-0.2, -0.15) is 0 Å². The molecule has 1 saturated carbocycles. The number of nitrogens with zero attached hydrogens (tertiary/aromatic N) is 2. The lowest BCUT2D eigenvalue weighted by Gasteiger charge is -2.07. The van der Waals surface area contributed by atoms with Crippen LogP contribution in [-0.2, 0) is 0 Å². The Labute approximate surface area is 85.0 Å². The van der Waals surface area contributed by atoms with Crippen molar-refractivity contribution in [3.05, 3.63) is 18.0 Å². The smallest absolute Gasteiger partial charge is 0.222 e. The molecule has 14 heavy (non-hydrogen) atoms. The quantitative estimate of drug-likeness (QED) is 0.794. The van der Waals surface area contributed by atoms with Crippen LogP contribution in [0.15, 0.2) is 12.3 Å². The number of aromatic nitrogens is 2. The second kappa shape index (κ2) is 3.95. The van der Waals surface area contributed by atoms with E-state index in [1.54, 1.807) is 0 Å². The minimum absolute atomic E-state index is 0.472. The summed E-state index contributed by atoms with van der Waals surface area (Å²) in [5.74, 6) is 2.11. The zero-order valence-electron chi connectivity index (χ0n) is 8.83. The average Bonchev–Trinajstić information content (AvgIpc) is 2.99. The molecule has 0 unspecified atom stereocenters. The van der Waals surface area contributed by atoms with Crippen LogP contribution in [0.3, 0.4) is 0 Å². The van der Waals surface area contributed by atoms with Gasteiger partial charge < -0.3 is 5.32 Å². The molecule has 0 radical (unpaired) electrons. The predicted molar refractivity (Wildman–Crippen MR) is 57.3 cm³/mol. The molecule has 2 rings (SSSR count). The number of rotatable bonds is 4. The SMILES string of the molecule is CC(C)c1ccnc(NCC2CC2)n1. The zero-order chi connectivity index (χ0) is 9.97. The maximum absolute atomic E-state index is 4.45. The van der Waals surface area contributed by atoms with Crippen molar-refractivity contribution < 1.29 is 0 Å². The zero-order valence-corrected chi connectivity index (χ0v) is 8.83. The van der Waals surface area contributed by atoms with Gasteiger partial charge in [0.05, 0.1) is 0 Å². The normalized spacial score (nSPS) is 15.9. The predicted octanol–water partition coefficient (Wildman–Crippen LogP) is 2.42. The largest absolute Gasteiger partial charge is 0.354 e. The van der Waals surface area contributed by atoms with Gasteiger partial charge in [-0.1, -0.05) is 13.8 Å². The monoisotopic (exact) mass is 191 g/mol. The molecule has 0 amide bonds. The highest BCUT2D eigenvalue weighted by molar-refractivity contribution is 5.26. The molecular weight excluding hydrogens is 174 g/mol. The molecule has 0 spiro atoms. The Balaban J connectivity index is 1.97. The summed E-state index contributed by atoms with van der Waals surface area (Å²) in [5.41, 5.74) is 1.11. The molecule has 3 nitrogen and oxygen atoms in total. The summed E-state index contributed by atoms with van der Waals surface area (Å²) in [7, 11) is 0. The fourth-order valence-corrected chi connectivity index (χ4v) is 1.34. The molecule has 0 aliphatic heterocycles. The lowest BCUT2D eigenvalue weighted by molar-refractivity contribution is 0.806. The van der Waals surface area contributed by atoms with E-state index in [1.807, 2.05) is 12.3 Å². The van der Waals surface area contributed by atoms with Crippen molar-refractivity contribution >= 4 is 5.95 Å². The Hall–Kier alpha value is -1.12. The van der Waals surface area contributed by atoms with Gasteiger partial charge in [-0.3, -0.25) is 0 Å². The van der Waals surface area contributed by atoms with E-state index in [2.05, 4.69) is 29.1 Å². The summed E-state index contributed by atoms with van der Waals surface area (Å²) in [5, 5.41) is 3.28. The molecule has 1 aliphatic carbocycles. The number of nitrogens with one attached hydrogen (secondary N) is 1. The summed E-state index contributed by atoms with van der Waals surface area (Å²) in [6.45, 7) is 5.32. The van der Waals surface area contributed by atoms with Gasteiger partial charge in [0, 0.05) is 18.4 Å². The van der Waals surface area contributed by atoms with Crippen molar-refractivity contribution in [1.82, 2.24) is 9.97 Å². The van der Waals surface area contributed by atoms with E-state index in [0.717, 1.165) is 24.1 Å². The Morgan fingerprint density at radius 2 is 2.29 bits per heavy atom. The minimum atomic E-state index is 0.472. The van der Waals surface area contributed by atoms with Crippen LogP contribution >= 0.6 is 0 Å². The van der Waals surface area contributed by atoms with E-state index >= 15 is 0 Å². The highest BCUT2D eigenvalue weighted by Crippen LogP contribution is 2.28. The molecule has 1 N–H and O–H groups in total. The van der Waals surface area contributed by atoms with Crippen LogP contribution in [0.2, 0.25) is 0 Å². The maximum atomic E-state index is 4.45. The molecule has 1 fully saturated rings. The van der Waals surface area contributed by atoms with Crippen LogP contribution in [0, 0.1) is 5.92 Å². The topological polar surface area (TPSA) is 37.8 Å². The third kappa shape index (κ3) is 2.44. The van der Waals surface area contributed by atoms with E-state index in [4.69, 9.17) is 0 Å². The standard InChI is InChI=1S/C11H17N3/c1-8(2)10-5-6-12-11(14-10)13-7-9-3-4-9/h5-6,8-9H,3-4,7H2,1-2H3,(H,12,13,14). The van der Waals surface area contributed by atoms with E-state index in [-0.39, 0.29) is 0 Å². The first-order valence-corrected chi connectivity index (χ1v) is 5.32. The second-order valence-corrected chi connectivity index (χ2v) is 4.28. The lowest BCUT2D eigenvalue weighted by atomic mass is 10.1. The number of hydrogen-bond acceptors (Lipinski definition) is 3. The first kappa shape index (κ1) is 9.44. The van der Waals surface area contributed by atoms with E-state index in [9.17, 15) is 0 Å². The van der Waals surface area contributed by atoms with Crippen molar-refractivity contribution in [1.29, 1.82) is 0 Å². The van der Waals surface area contributed by atoms with Crippen LogP contribution in [0.1, 0.15) is 38.3 Å². The summed E-state index contributed by atoms with van der Waals surface area (Å²) < 4.78 is 0. The molecule has 0 bridgehead atoms. The van der Waals surface area contributed by atoms with Gasteiger partial charge in [-0.25, -0.2) is 9.97 Å². The van der Waals surface area contributed by atoms with Gasteiger partial charge in [-0.15, -0.1) is 0 Å². The molecule has 76 valence electrons. The fraction of sp³-hybridized carbons (Fsp3) is 0.636. The Bertz CT molecular complexity index is 305. The van der Waals surface area contributed by atoms with Crippen molar-refractivity contribution in [2.24, 2.45) is 5.92 Å². The minimum Gasteiger partial charge on any atom is -0.354 e. The average molecular weight is 191 g/mol. The summed E-state index contributed by atoms with van der Waals surface area (Å²) >= 11 is 0. The summed E-state index contributed by atoms with van der Waals surface area (Å²) in [4.78, 5) is 8.65. The molecule has 0 saturated heterocycles. The van der Waals surface area contributed by atoms with Crippen molar-refractivity contribution in [3.63, 3.8) is 0 Å². The maximum Gasteiger partial charge on any atom is 0.222 e. The van der Waals surface area contributed by atoms with Gasteiger partial charge in [0.2, 0.25) is 5.95 Å². The molecule has 0 aromatic carbocycles. The van der Waals surface area contributed by atoms with Crippen molar-refractivity contribution in [2.45, 2.75) is 32.6 Å². The first-order valence-electron chi connectivity index (χ1n) is 5.32. The molecule has 1 aromatic rings. The highest BCUT2D eigenvalue weighted by atomic mass is 15.1. The molecule has 1 aromatic heterocycles. The third-order valence-corrected chi connectivity index (χ3v) is 2.51. The van der Waals surface area contributed by atoms with E-state index < -0.39 is 0 Å². The highest BCUT2D eigenvalue weighted by Gasteiger charge is 2.20. The van der Waals surface area contributed by atoms with Gasteiger partial charge >= 0.3 is 0 Å². The van der Waals surface area contributed by atoms with Gasteiger partial charge in [0.25, 0.3) is 0 Å². The van der Waals surface area contributed by atoms with Gasteiger partial charge in [0.15, 0.2) is 0 Å². The summed E-state index contributed by atoms with van der Waals surface area (Å²) in [6.07, 6.45) is 4.55. The van der Waals surface area contributed by atoms with Crippen LogP contribution in [0.5, 0.6) is 0 Å². The number of anilines is 1. The van der Waals surface area contributed by atoms with E-state index in [0.29, 0.717) is 5.92 Å². The summed E-state index contributed by atoms with van der Waals surface area (Å²) in [6, 6.07) is 1.98. The first-order chi connectivity index (χ1) is 6.75. The van der Waals surface area contributed by atoms with E-state index in [1.165, 1.54) is 12.8 Å². The van der Waals surface area contributed by atoms with Crippen LogP contribution in [0.25, 0.3) is 0 Å². The molecule has 1 aliphatic rings. The Morgan fingerprint density at radius 1 is 1.50 bits per heavy atom. The third-order valence-electron chi connectivity index (χ3n) is 2.51. The second-order valence-electron chi connectivity index (χ2n) is 4.28. The molecule has 0 atom stereocenters. The van der Waals surface area contributed by atoms with Crippen LogP contribution in [-0.4, -0.2) is 16.5 Å². The van der Waals surface area contributed by atoms with Crippen molar-refractivity contribution in [2.75, 3.05) is 11.9 Å². The fourth-order valence-electron chi connectivity index (χ4n) is 1.34. The van der Waals surface area contributed by atoms with Crippen LogP contribution < -0.4 is 5.32 Å². The van der Waals surface area contributed by atoms with Crippen LogP contribution in [0.4, 0.5) is 5.95 Å². The molecule has 1 heterocycles. The molecule has 3 heteroatoms. The van der Waals surface area contributed by atoms with Gasteiger partial charge in [0.1, 0.15) is 0 Å². The molecular formula is C11H17N3. The lowest BCUT2D eigenvalue weighted by Crippen LogP contribution is -2.08. The Kier molecular flexibility index (Phi) is 2.66.